The monoisotopic (exact) mass is 247 g/mol. The maximum absolute atomic E-state index is 10.1. The molecule has 0 saturated carbocycles. The van der Waals surface area contributed by atoms with E-state index >= 15 is 0 Å². The molecule has 0 atom stereocenters. The molecule has 0 aromatic heterocycles. The van der Waals surface area contributed by atoms with Gasteiger partial charge < -0.3 is 24.6 Å². The lowest BCUT2D eigenvalue weighted by molar-refractivity contribution is -0.0737. The van der Waals surface area contributed by atoms with E-state index in [2.05, 4.69) is 5.32 Å². The topological polar surface area (TPSA) is 60.0 Å². The third kappa shape index (κ3) is 6.95. The van der Waals surface area contributed by atoms with Gasteiger partial charge in [-0.1, -0.05) is 0 Å². The van der Waals surface area contributed by atoms with Gasteiger partial charge in [-0.2, -0.15) is 0 Å². The highest BCUT2D eigenvalue weighted by Crippen LogP contribution is 2.17. The van der Waals surface area contributed by atoms with Gasteiger partial charge in [0, 0.05) is 20.3 Å². The molecule has 0 bridgehead atoms. The van der Waals surface area contributed by atoms with Crippen molar-refractivity contribution in [1.29, 1.82) is 0 Å². The Hall–Kier alpha value is -0.200. The molecular weight excluding hydrogens is 222 g/mol. The van der Waals surface area contributed by atoms with Crippen LogP contribution in [0, 0.1) is 0 Å². The van der Waals surface area contributed by atoms with E-state index in [9.17, 15) is 5.11 Å². The maximum atomic E-state index is 10.1. The number of methoxy groups -OCH3 is 1. The Morgan fingerprint density at radius 3 is 2.47 bits per heavy atom. The highest BCUT2D eigenvalue weighted by Gasteiger charge is 2.28. The van der Waals surface area contributed by atoms with Gasteiger partial charge in [0.25, 0.3) is 0 Å². The van der Waals surface area contributed by atoms with E-state index in [1.165, 1.54) is 0 Å². The van der Waals surface area contributed by atoms with E-state index in [1.54, 1.807) is 7.11 Å². The SMILES string of the molecule is COCCCOCCOCC1(O)CCNCC1. The highest BCUT2D eigenvalue weighted by atomic mass is 16.5. The molecule has 0 unspecified atom stereocenters. The summed E-state index contributed by atoms with van der Waals surface area (Å²) in [4.78, 5) is 0. The van der Waals surface area contributed by atoms with Crippen LogP contribution in [-0.4, -0.2) is 63.9 Å². The molecule has 102 valence electrons. The predicted octanol–water partition coefficient (Wildman–Crippen LogP) is 0.171. The van der Waals surface area contributed by atoms with Gasteiger partial charge in [-0.25, -0.2) is 0 Å². The Morgan fingerprint density at radius 2 is 1.76 bits per heavy atom. The average molecular weight is 247 g/mol. The summed E-state index contributed by atoms with van der Waals surface area (Å²) < 4.78 is 15.7. The number of hydrogen-bond acceptors (Lipinski definition) is 5. The molecule has 0 spiro atoms. The zero-order chi connectivity index (χ0) is 12.4. The van der Waals surface area contributed by atoms with Crippen LogP contribution in [0.4, 0.5) is 0 Å². The van der Waals surface area contributed by atoms with Gasteiger partial charge in [0.15, 0.2) is 0 Å². The third-order valence-electron chi connectivity index (χ3n) is 2.91. The number of piperidine rings is 1. The molecule has 1 saturated heterocycles. The zero-order valence-electron chi connectivity index (χ0n) is 10.7. The molecule has 0 amide bonds. The maximum Gasteiger partial charge on any atom is 0.0904 e. The van der Waals surface area contributed by atoms with E-state index in [0.29, 0.717) is 26.4 Å². The normalized spacial score (nSPS) is 19.4. The van der Waals surface area contributed by atoms with Crippen molar-refractivity contribution in [3.8, 4) is 0 Å². The minimum Gasteiger partial charge on any atom is -0.387 e. The first-order chi connectivity index (χ1) is 8.27. The second kappa shape index (κ2) is 8.83. The van der Waals surface area contributed by atoms with Crippen LogP contribution in [0.25, 0.3) is 0 Å². The van der Waals surface area contributed by atoms with E-state index in [-0.39, 0.29) is 0 Å². The number of aliphatic hydroxyl groups is 1. The lowest BCUT2D eigenvalue weighted by Crippen LogP contribution is -2.45. The van der Waals surface area contributed by atoms with E-state index in [4.69, 9.17) is 14.2 Å². The minimum atomic E-state index is -0.638. The Kier molecular flexibility index (Phi) is 7.72. The van der Waals surface area contributed by atoms with Crippen molar-refractivity contribution in [3.05, 3.63) is 0 Å². The summed E-state index contributed by atoms with van der Waals surface area (Å²) in [5.41, 5.74) is -0.638. The molecule has 1 heterocycles. The lowest BCUT2D eigenvalue weighted by Gasteiger charge is -2.32. The minimum absolute atomic E-state index is 0.413. The Bertz CT molecular complexity index is 183. The van der Waals surface area contributed by atoms with Crippen LogP contribution in [0.2, 0.25) is 0 Å². The van der Waals surface area contributed by atoms with Gasteiger partial charge in [0.1, 0.15) is 0 Å². The van der Waals surface area contributed by atoms with Crippen molar-refractivity contribution < 1.29 is 19.3 Å². The predicted molar refractivity (Wildman–Crippen MR) is 65.2 cm³/mol. The standard InChI is InChI=1S/C12H25NO4/c1-15-7-2-8-16-9-10-17-11-12(14)3-5-13-6-4-12/h13-14H,2-11H2,1H3. The van der Waals surface area contributed by atoms with Crippen LogP contribution in [0.15, 0.2) is 0 Å². The summed E-state index contributed by atoms with van der Waals surface area (Å²) in [7, 11) is 1.68. The number of nitrogens with one attached hydrogen (secondary N) is 1. The number of ether oxygens (including phenoxy) is 3. The second-order valence-electron chi connectivity index (χ2n) is 4.49. The molecule has 0 aromatic carbocycles. The van der Waals surface area contributed by atoms with Gasteiger partial charge >= 0.3 is 0 Å². The molecule has 0 aromatic rings. The first-order valence-electron chi connectivity index (χ1n) is 6.34. The molecule has 1 rings (SSSR count). The van der Waals surface area contributed by atoms with E-state index < -0.39 is 5.60 Å². The average Bonchev–Trinajstić information content (AvgIpc) is 2.33. The number of rotatable bonds is 9. The third-order valence-corrected chi connectivity index (χ3v) is 2.91. The van der Waals surface area contributed by atoms with Gasteiger partial charge in [-0.05, 0) is 32.4 Å². The summed E-state index contributed by atoms with van der Waals surface area (Å²) >= 11 is 0. The summed E-state index contributed by atoms with van der Waals surface area (Å²) in [5.74, 6) is 0. The molecule has 17 heavy (non-hydrogen) atoms. The Labute approximate surface area is 103 Å². The second-order valence-corrected chi connectivity index (χ2v) is 4.49. The Morgan fingerprint density at radius 1 is 1.06 bits per heavy atom. The quantitative estimate of drug-likeness (QED) is 0.569. The van der Waals surface area contributed by atoms with Gasteiger partial charge in [-0.15, -0.1) is 0 Å². The Balaban J connectivity index is 1.89. The molecule has 0 aliphatic carbocycles. The first-order valence-corrected chi connectivity index (χ1v) is 6.34. The summed E-state index contributed by atoms with van der Waals surface area (Å²) in [6.07, 6.45) is 2.44. The van der Waals surface area contributed by atoms with Gasteiger partial charge in [0.2, 0.25) is 0 Å². The smallest absolute Gasteiger partial charge is 0.0904 e. The highest BCUT2D eigenvalue weighted by molar-refractivity contribution is 4.83. The summed E-state index contributed by atoms with van der Waals surface area (Å²) in [5, 5.41) is 13.3. The van der Waals surface area contributed by atoms with Crippen LogP contribution in [0.3, 0.4) is 0 Å². The molecule has 5 nitrogen and oxygen atoms in total. The van der Waals surface area contributed by atoms with Gasteiger partial charge in [-0.3, -0.25) is 0 Å². The van der Waals surface area contributed by atoms with Crippen molar-refractivity contribution in [3.63, 3.8) is 0 Å². The summed E-state index contributed by atoms with van der Waals surface area (Å²) in [6, 6.07) is 0. The van der Waals surface area contributed by atoms with Crippen LogP contribution in [0.5, 0.6) is 0 Å². The molecule has 1 aliphatic heterocycles. The van der Waals surface area contributed by atoms with Gasteiger partial charge in [0.05, 0.1) is 25.4 Å². The largest absolute Gasteiger partial charge is 0.387 e. The van der Waals surface area contributed by atoms with Crippen molar-refractivity contribution in [2.75, 3.05) is 53.2 Å². The molecule has 1 aliphatic rings. The van der Waals surface area contributed by atoms with E-state index in [1.807, 2.05) is 0 Å². The van der Waals surface area contributed by atoms with Crippen LogP contribution in [-0.2, 0) is 14.2 Å². The fourth-order valence-electron chi connectivity index (χ4n) is 1.82. The molecule has 0 radical (unpaired) electrons. The molecule has 2 N–H and O–H groups in total. The first kappa shape index (κ1) is 14.9. The van der Waals surface area contributed by atoms with E-state index in [0.717, 1.165) is 39.0 Å². The van der Waals surface area contributed by atoms with Crippen LogP contribution in [0.1, 0.15) is 19.3 Å². The van der Waals surface area contributed by atoms with Crippen molar-refractivity contribution in [2.45, 2.75) is 24.9 Å². The zero-order valence-corrected chi connectivity index (χ0v) is 10.7. The molecular formula is C12H25NO4. The van der Waals surface area contributed by atoms with Crippen LogP contribution >= 0.6 is 0 Å². The van der Waals surface area contributed by atoms with Crippen molar-refractivity contribution in [1.82, 2.24) is 5.32 Å². The fraction of sp³-hybridized carbons (Fsp3) is 1.00. The van der Waals surface area contributed by atoms with Crippen molar-refractivity contribution >= 4 is 0 Å². The molecule has 1 fully saturated rings. The van der Waals surface area contributed by atoms with Crippen molar-refractivity contribution in [2.24, 2.45) is 0 Å². The molecule has 5 heteroatoms. The lowest BCUT2D eigenvalue weighted by atomic mass is 9.94. The fourth-order valence-corrected chi connectivity index (χ4v) is 1.82. The van der Waals surface area contributed by atoms with Crippen LogP contribution < -0.4 is 5.32 Å². The number of hydrogen-bond donors (Lipinski definition) is 2. The summed E-state index contributed by atoms with van der Waals surface area (Å²) in [6.45, 7) is 4.70.